The predicted octanol–water partition coefficient (Wildman–Crippen LogP) is 2.23. The number of ether oxygens (including phenoxy) is 1. The van der Waals surface area contributed by atoms with Crippen molar-refractivity contribution in [1.82, 2.24) is 10.6 Å². The fourth-order valence-corrected chi connectivity index (χ4v) is 1.78. The number of aliphatic imine (C=N–C) groups is 1. The van der Waals surface area contributed by atoms with Crippen LogP contribution in [0.3, 0.4) is 0 Å². The maximum absolute atomic E-state index is 5.41. The summed E-state index contributed by atoms with van der Waals surface area (Å²) < 4.78 is 5.41. The highest BCUT2D eigenvalue weighted by Gasteiger charge is 2.16. The zero-order chi connectivity index (χ0) is 16.6. The number of nitrogens with zero attached hydrogens (tertiary/aromatic N) is 2. The molecular weight excluding hydrogens is 276 g/mol. The summed E-state index contributed by atoms with van der Waals surface area (Å²) in [6.07, 6.45) is 0. The van der Waals surface area contributed by atoms with E-state index in [1.165, 1.54) is 11.3 Å². The Kier molecular flexibility index (Phi) is 7.18. The van der Waals surface area contributed by atoms with Crippen molar-refractivity contribution in [3.8, 4) is 0 Å². The van der Waals surface area contributed by atoms with Gasteiger partial charge in [-0.3, -0.25) is 0 Å². The quantitative estimate of drug-likeness (QED) is 0.599. The first kappa shape index (κ1) is 18.3. The minimum absolute atomic E-state index is 0.219. The Balaban J connectivity index is 2.65. The summed E-state index contributed by atoms with van der Waals surface area (Å²) >= 11 is 0. The molecule has 1 aromatic rings. The average Bonchev–Trinajstić information content (AvgIpc) is 2.50. The van der Waals surface area contributed by atoms with Crippen molar-refractivity contribution in [1.29, 1.82) is 0 Å². The highest BCUT2D eigenvalue weighted by Crippen LogP contribution is 2.12. The molecule has 0 aliphatic heterocycles. The van der Waals surface area contributed by atoms with Gasteiger partial charge in [-0.15, -0.1) is 0 Å². The van der Waals surface area contributed by atoms with Crippen molar-refractivity contribution in [2.75, 3.05) is 39.2 Å². The van der Waals surface area contributed by atoms with E-state index in [1.807, 2.05) is 27.9 Å². The Morgan fingerprint density at radius 3 is 2.32 bits per heavy atom. The Bertz CT molecular complexity index is 466. The molecule has 0 aromatic heterocycles. The molecule has 0 radical (unpaired) electrons. The van der Waals surface area contributed by atoms with Crippen molar-refractivity contribution in [2.24, 2.45) is 4.99 Å². The fraction of sp³-hybridized carbons (Fsp3) is 0.588. The summed E-state index contributed by atoms with van der Waals surface area (Å²) in [5, 5.41) is 6.57. The van der Waals surface area contributed by atoms with E-state index in [4.69, 9.17) is 4.74 Å². The zero-order valence-electron chi connectivity index (χ0n) is 14.7. The summed E-state index contributed by atoms with van der Waals surface area (Å²) in [5.41, 5.74) is 2.16. The van der Waals surface area contributed by atoms with Crippen LogP contribution < -0.4 is 15.5 Å². The molecule has 0 unspecified atom stereocenters. The molecule has 5 heteroatoms. The predicted molar refractivity (Wildman–Crippen MR) is 94.7 cm³/mol. The van der Waals surface area contributed by atoms with Crippen molar-refractivity contribution in [2.45, 2.75) is 32.9 Å². The smallest absolute Gasteiger partial charge is 0.191 e. The molecule has 0 saturated carbocycles. The van der Waals surface area contributed by atoms with Gasteiger partial charge in [0.2, 0.25) is 0 Å². The summed E-state index contributed by atoms with van der Waals surface area (Å²) in [7, 11) is 5.80. The molecule has 1 aromatic carbocycles. The van der Waals surface area contributed by atoms with Crippen molar-refractivity contribution in [3.05, 3.63) is 29.8 Å². The van der Waals surface area contributed by atoms with Gasteiger partial charge in [0.1, 0.15) is 0 Å². The van der Waals surface area contributed by atoms with Gasteiger partial charge in [-0.25, -0.2) is 4.99 Å². The standard InChI is InChI=1S/C17H30N4O/c1-7-18-16(20-13-17(2,3)22-6)19-12-14-8-10-15(11-9-14)21(4)5/h8-11H,7,12-13H2,1-6H3,(H2,18,19,20). The SMILES string of the molecule is CCNC(=NCc1ccc(N(C)C)cc1)NCC(C)(C)OC. The lowest BCUT2D eigenvalue weighted by Gasteiger charge is -2.24. The van der Waals surface area contributed by atoms with Gasteiger partial charge in [0, 0.05) is 40.0 Å². The van der Waals surface area contributed by atoms with E-state index < -0.39 is 0 Å². The lowest BCUT2D eigenvalue weighted by molar-refractivity contribution is 0.0268. The summed E-state index contributed by atoms with van der Waals surface area (Å²) in [4.78, 5) is 6.71. The maximum Gasteiger partial charge on any atom is 0.191 e. The molecule has 0 heterocycles. The van der Waals surface area contributed by atoms with Crippen LogP contribution in [0.25, 0.3) is 0 Å². The van der Waals surface area contributed by atoms with E-state index >= 15 is 0 Å². The molecule has 0 aliphatic carbocycles. The zero-order valence-corrected chi connectivity index (χ0v) is 14.7. The lowest BCUT2D eigenvalue weighted by Crippen LogP contribution is -2.45. The average molecular weight is 306 g/mol. The largest absolute Gasteiger partial charge is 0.378 e. The van der Waals surface area contributed by atoms with Crippen molar-refractivity contribution >= 4 is 11.6 Å². The highest BCUT2D eigenvalue weighted by molar-refractivity contribution is 5.79. The van der Waals surface area contributed by atoms with E-state index in [1.54, 1.807) is 7.11 Å². The monoisotopic (exact) mass is 306 g/mol. The maximum atomic E-state index is 5.41. The minimum atomic E-state index is -0.219. The summed E-state index contributed by atoms with van der Waals surface area (Å²) in [6, 6.07) is 8.45. The van der Waals surface area contributed by atoms with Crippen LogP contribution in [0.15, 0.2) is 29.3 Å². The molecular formula is C17H30N4O. The first-order valence-electron chi connectivity index (χ1n) is 7.71. The first-order valence-corrected chi connectivity index (χ1v) is 7.71. The van der Waals surface area contributed by atoms with Gasteiger partial charge in [-0.1, -0.05) is 12.1 Å². The van der Waals surface area contributed by atoms with Gasteiger partial charge in [0.05, 0.1) is 12.1 Å². The number of methoxy groups -OCH3 is 1. The number of nitrogens with one attached hydrogen (secondary N) is 2. The molecule has 5 nitrogen and oxygen atoms in total. The molecule has 0 bridgehead atoms. The number of guanidine groups is 1. The third-order valence-electron chi connectivity index (χ3n) is 3.45. The summed E-state index contributed by atoms with van der Waals surface area (Å²) in [6.45, 7) is 8.34. The minimum Gasteiger partial charge on any atom is -0.378 e. The van der Waals surface area contributed by atoms with Crippen LogP contribution in [-0.2, 0) is 11.3 Å². The van der Waals surface area contributed by atoms with Gasteiger partial charge < -0.3 is 20.3 Å². The van der Waals surface area contributed by atoms with E-state index in [-0.39, 0.29) is 5.60 Å². The van der Waals surface area contributed by atoms with Crippen LogP contribution in [-0.4, -0.2) is 45.9 Å². The molecule has 22 heavy (non-hydrogen) atoms. The van der Waals surface area contributed by atoms with Crippen LogP contribution >= 0.6 is 0 Å². The second-order valence-corrected chi connectivity index (χ2v) is 6.07. The van der Waals surface area contributed by atoms with E-state index in [0.29, 0.717) is 13.1 Å². The van der Waals surface area contributed by atoms with Gasteiger partial charge in [0.25, 0.3) is 0 Å². The van der Waals surface area contributed by atoms with E-state index in [9.17, 15) is 0 Å². The molecule has 0 spiro atoms. The number of hydrogen-bond donors (Lipinski definition) is 2. The second kappa shape index (κ2) is 8.63. The van der Waals surface area contributed by atoms with E-state index in [0.717, 1.165) is 12.5 Å². The molecule has 124 valence electrons. The van der Waals surface area contributed by atoms with Crippen LogP contribution in [0.4, 0.5) is 5.69 Å². The summed E-state index contributed by atoms with van der Waals surface area (Å²) in [5.74, 6) is 0.810. The third-order valence-corrected chi connectivity index (χ3v) is 3.45. The number of rotatable bonds is 7. The Morgan fingerprint density at radius 2 is 1.82 bits per heavy atom. The van der Waals surface area contributed by atoms with Gasteiger partial charge >= 0.3 is 0 Å². The number of hydrogen-bond acceptors (Lipinski definition) is 3. The van der Waals surface area contributed by atoms with E-state index in [2.05, 4.69) is 51.7 Å². The highest BCUT2D eigenvalue weighted by atomic mass is 16.5. The Labute approximate surface area is 134 Å². The lowest BCUT2D eigenvalue weighted by atomic mass is 10.1. The topological polar surface area (TPSA) is 48.9 Å². The number of anilines is 1. The first-order chi connectivity index (χ1) is 10.4. The second-order valence-electron chi connectivity index (χ2n) is 6.07. The molecule has 2 N–H and O–H groups in total. The fourth-order valence-electron chi connectivity index (χ4n) is 1.78. The molecule has 1 rings (SSSR count). The molecule has 0 fully saturated rings. The molecule has 0 amide bonds. The molecule has 0 atom stereocenters. The normalized spacial score (nSPS) is 12.2. The van der Waals surface area contributed by atoms with Crippen molar-refractivity contribution in [3.63, 3.8) is 0 Å². The van der Waals surface area contributed by atoms with Gasteiger partial charge in [0.15, 0.2) is 5.96 Å². The van der Waals surface area contributed by atoms with Crippen LogP contribution in [0.2, 0.25) is 0 Å². The van der Waals surface area contributed by atoms with Crippen LogP contribution in [0.1, 0.15) is 26.3 Å². The van der Waals surface area contributed by atoms with Gasteiger partial charge in [-0.2, -0.15) is 0 Å². The number of benzene rings is 1. The van der Waals surface area contributed by atoms with Crippen LogP contribution in [0.5, 0.6) is 0 Å². The van der Waals surface area contributed by atoms with Gasteiger partial charge in [-0.05, 0) is 38.5 Å². The van der Waals surface area contributed by atoms with Crippen molar-refractivity contribution < 1.29 is 4.74 Å². The third kappa shape index (κ3) is 6.35. The van der Waals surface area contributed by atoms with Crippen LogP contribution in [0, 0.1) is 0 Å². The molecule has 0 saturated heterocycles. The Hall–Kier alpha value is -1.75. The Morgan fingerprint density at radius 1 is 1.18 bits per heavy atom. The molecule has 0 aliphatic rings.